The van der Waals surface area contributed by atoms with E-state index in [-0.39, 0.29) is 11.3 Å². The number of nitrogens with zero attached hydrogens (tertiary/aromatic N) is 1. The highest BCUT2D eigenvalue weighted by molar-refractivity contribution is 5.99. The molecule has 1 aliphatic rings. The van der Waals surface area contributed by atoms with Gasteiger partial charge >= 0.3 is 0 Å². The predicted molar refractivity (Wildman–Crippen MR) is 75.2 cm³/mol. The molecular formula is C13H18N4O3. The van der Waals surface area contributed by atoms with Crippen molar-refractivity contribution in [2.75, 3.05) is 12.0 Å². The number of hydrogen-bond donors (Lipinski definition) is 3. The molecular weight excluding hydrogens is 260 g/mol. The van der Waals surface area contributed by atoms with E-state index in [0.29, 0.717) is 12.2 Å². The van der Waals surface area contributed by atoms with Crippen LogP contribution in [0.25, 0.3) is 0 Å². The van der Waals surface area contributed by atoms with Crippen LogP contribution in [0.15, 0.2) is 18.2 Å². The van der Waals surface area contributed by atoms with Crippen molar-refractivity contribution in [3.05, 3.63) is 33.9 Å². The van der Waals surface area contributed by atoms with E-state index in [2.05, 4.69) is 10.7 Å². The molecule has 0 aromatic heterocycles. The number of hydrogen-bond acceptors (Lipinski definition) is 5. The van der Waals surface area contributed by atoms with Gasteiger partial charge in [0.05, 0.1) is 4.92 Å². The Bertz CT molecular complexity index is 514. The molecule has 7 nitrogen and oxygen atoms in total. The Morgan fingerprint density at radius 2 is 2.20 bits per heavy atom. The van der Waals surface area contributed by atoms with Gasteiger partial charge in [-0.15, -0.1) is 0 Å². The van der Waals surface area contributed by atoms with Crippen molar-refractivity contribution in [1.82, 2.24) is 5.32 Å². The minimum atomic E-state index is -0.570. The molecule has 108 valence electrons. The van der Waals surface area contributed by atoms with E-state index in [4.69, 9.17) is 5.84 Å². The first-order valence-corrected chi connectivity index (χ1v) is 6.65. The molecule has 0 atom stereocenters. The van der Waals surface area contributed by atoms with Crippen molar-refractivity contribution in [3.63, 3.8) is 0 Å². The average Bonchev–Trinajstić information content (AvgIpc) is 3.26. The number of anilines is 1. The second-order valence-corrected chi connectivity index (χ2v) is 4.97. The van der Waals surface area contributed by atoms with Gasteiger partial charge in [0.25, 0.3) is 11.6 Å². The number of nitrogens with two attached hydrogens (primary N) is 1. The molecule has 7 heteroatoms. The summed E-state index contributed by atoms with van der Waals surface area (Å²) in [7, 11) is 0. The van der Waals surface area contributed by atoms with Gasteiger partial charge < -0.3 is 10.7 Å². The third kappa shape index (κ3) is 3.67. The molecule has 1 saturated carbocycles. The normalized spacial score (nSPS) is 13.8. The second kappa shape index (κ2) is 6.33. The van der Waals surface area contributed by atoms with Gasteiger partial charge in [0.15, 0.2) is 0 Å². The number of carbonyl (C=O) groups excluding carboxylic acids is 1. The van der Waals surface area contributed by atoms with Crippen LogP contribution in [0, 0.1) is 16.0 Å². The van der Waals surface area contributed by atoms with Crippen molar-refractivity contribution < 1.29 is 9.72 Å². The molecule has 1 aromatic carbocycles. The fourth-order valence-electron chi connectivity index (χ4n) is 2.06. The lowest BCUT2D eigenvalue weighted by molar-refractivity contribution is -0.385. The Kier molecular flexibility index (Phi) is 4.52. The molecule has 0 bridgehead atoms. The van der Waals surface area contributed by atoms with Crippen molar-refractivity contribution in [2.45, 2.75) is 25.7 Å². The number of hydrazine groups is 1. The molecule has 20 heavy (non-hydrogen) atoms. The third-order valence-electron chi connectivity index (χ3n) is 3.38. The largest absolute Gasteiger partial charge is 0.352 e. The fraction of sp³-hybridized carbons (Fsp3) is 0.462. The molecule has 2 rings (SSSR count). The summed E-state index contributed by atoms with van der Waals surface area (Å²) < 4.78 is 0. The lowest BCUT2D eigenvalue weighted by Crippen LogP contribution is -2.25. The summed E-state index contributed by atoms with van der Waals surface area (Å²) in [5.74, 6) is 5.63. The average molecular weight is 278 g/mol. The number of nitro benzene ring substituents is 1. The number of nitrogens with one attached hydrogen (secondary N) is 2. The van der Waals surface area contributed by atoms with Crippen LogP contribution < -0.4 is 16.6 Å². The summed E-state index contributed by atoms with van der Waals surface area (Å²) in [6.07, 6.45) is 4.57. The summed E-state index contributed by atoms with van der Waals surface area (Å²) >= 11 is 0. The maximum Gasteiger partial charge on any atom is 0.282 e. The van der Waals surface area contributed by atoms with Gasteiger partial charge in [-0.05, 0) is 30.9 Å². The van der Waals surface area contributed by atoms with Crippen LogP contribution >= 0.6 is 0 Å². The highest BCUT2D eigenvalue weighted by atomic mass is 16.6. The topological polar surface area (TPSA) is 110 Å². The molecule has 0 spiro atoms. The van der Waals surface area contributed by atoms with E-state index in [9.17, 15) is 14.9 Å². The summed E-state index contributed by atoms with van der Waals surface area (Å²) in [6.45, 7) is 0.534. The van der Waals surface area contributed by atoms with Gasteiger partial charge in [0.1, 0.15) is 5.56 Å². The van der Waals surface area contributed by atoms with Gasteiger partial charge in [0, 0.05) is 18.3 Å². The number of rotatable bonds is 7. The Morgan fingerprint density at radius 3 is 2.80 bits per heavy atom. The van der Waals surface area contributed by atoms with Crippen LogP contribution in [-0.2, 0) is 0 Å². The highest BCUT2D eigenvalue weighted by Crippen LogP contribution is 2.33. The van der Waals surface area contributed by atoms with E-state index in [0.717, 1.165) is 18.8 Å². The number of amides is 1. The summed E-state index contributed by atoms with van der Waals surface area (Å²) in [6, 6.07) is 4.12. The van der Waals surface area contributed by atoms with E-state index in [1.165, 1.54) is 31.0 Å². The van der Waals surface area contributed by atoms with Crippen LogP contribution in [0.1, 0.15) is 36.0 Å². The van der Waals surface area contributed by atoms with Crippen molar-refractivity contribution in [3.8, 4) is 0 Å². The Labute approximate surface area is 116 Å². The smallest absolute Gasteiger partial charge is 0.282 e. The maximum absolute atomic E-state index is 12.0. The zero-order valence-electron chi connectivity index (χ0n) is 11.1. The Balaban J connectivity index is 1.99. The van der Waals surface area contributed by atoms with Crippen molar-refractivity contribution in [1.29, 1.82) is 0 Å². The minimum absolute atomic E-state index is 0.0249. The lowest BCUT2D eigenvalue weighted by atomic mass is 10.1. The second-order valence-electron chi connectivity index (χ2n) is 4.97. The van der Waals surface area contributed by atoms with Crippen LogP contribution in [0.4, 0.5) is 11.4 Å². The SMILES string of the molecule is NNc1ccc([N+](=O)[O-])c(C(=O)NCCCC2CC2)c1. The zero-order chi connectivity index (χ0) is 14.5. The summed E-state index contributed by atoms with van der Waals surface area (Å²) in [5.41, 5.74) is 2.64. The molecule has 0 aliphatic heterocycles. The first kappa shape index (κ1) is 14.3. The maximum atomic E-state index is 12.0. The number of nitrogen functional groups attached to an aromatic ring is 1. The van der Waals surface area contributed by atoms with Crippen molar-refractivity contribution >= 4 is 17.3 Å². The molecule has 1 aromatic rings. The molecule has 1 aliphatic carbocycles. The van der Waals surface area contributed by atoms with Gasteiger partial charge in [-0.3, -0.25) is 20.8 Å². The monoisotopic (exact) mass is 278 g/mol. The van der Waals surface area contributed by atoms with Crippen LogP contribution in [0.2, 0.25) is 0 Å². The Morgan fingerprint density at radius 1 is 1.45 bits per heavy atom. The Hall–Kier alpha value is -2.15. The predicted octanol–water partition coefficient (Wildman–Crippen LogP) is 1.80. The van der Waals surface area contributed by atoms with E-state index in [1.807, 2.05) is 0 Å². The minimum Gasteiger partial charge on any atom is -0.352 e. The van der Waals surface area contributed by atoms with Crippen LogP contribution in [0.5, 0.6) is 0 Å². The van der Waals surface area contributed by atoms with E-state index in [1.54, 1.807) is 0 Å². The van der Waals surface area contributed by atoms with Crippen LogP contribution in [-0.4, -0.2) is 17.4 Å². The van der Waals surface area contributed by atoms with Gasteiger partial charge in [-0.2, -0.15) is 0 Å². The van der Waals surface area contributed by atoms with Gasteiger partial charge in [-0.1, -0.05) is 12.8 Å². The first-order chi connectivity index (χ1) is 9.61. The fourth-order valence-corrected chi connectivity index (χ4v) is 2.06. The number of nitro groups is 1. The van der Waals surface area contributed by atoms with Gasteiger partial charge in [0.2, 0.25) is 0 Å². The quantitative estimate of drug-likeness (QED) is 0.305. The molecule has 0 heterocycles. The highest BCUT2D eigenvalue weighted by Gasteiger charge is 2.22. The van der Waals surface area contributed by atoms with E-state index >= 15 is 0 Å². The van der Waals surface area contributed by atoms with Crippen LogP contribution in [0.3, 0.4) is 0 Å². The third-order valence-corrected chi connectivity index (χ3v) is 3.38. The molecule has 1 fully saturated rings. The van der Waals surface area contributed by atoms with Crippen molar-refractivity contribution in [2.24, 2.45) is 11.8 Å². The van der Waals surface area contributed by atoms with Gasteiger partial charge in [-0.25, -0.2) is 0 Å². The standard InChI is InChI=1S/C13H18N4O3/c14-16-10-5-6-12(17(19)20)11(8-10)13(18)15-7-1-2-9-3-4-9/h5-6,8-9,16H,1-4,7,14H2,(H,15,18). The van der Waals surface area contributed by atoms with E-state index < -0.39 is 10.8 Å². The summed E-state index contributed by atoms with van der Waals surface area (Å²) in [4.78, 5) is 22.4. The number of benzene rings is 1. The molecule has 0 unspecified atom stereocenters. The molecule has 1 amide bonds. The number of carbonyl (C=O) groups is 1. The first-order valence-electron chi connectivity index (χ1n) is 6.65. The molecule has 0 radical (unpaired) electrons. The molecule has 0 saturated heterocycles. The summed E-state index contributed by atoms with van der Waals surface area (Å²) in [5, 5.41) is 13.6. The lowest BCUT2D eigenvalue weighted by Gasteiger charge is -2.07. The zero-order valence-corrected chi connectivity index (χ0v) is 11.1. The molecule has 4 N–H and O–H groups in total.